The van der Waals surface area contributed by atoms with Crippen molar-refractivity contribution in [1.82, 2.24) is 15.1 Å². The van der Waals surface area contributed by atoms with Gasteiger partial charge in [0.2, 0.25) is 0 Å². The normalized spacial score (nSPS) is 10.4. The zero-order valence-electron chi connectivity index (χ0n) is 12.9. The van der Waals surface area contributed by atoms with Crippen molar-refractivity contribution in [3.05, 3.63) is 83.8 Å². The van der Waals surface area contributed by atoms with Gasteiger partial charge in [0.05, 0.1) is 6.54 Å². The summed E-state index contributed by atoms with van der Waals surface area (Å²) in [6.45, 7) is 1.23. The molecule has 0 amide bonds. The van der Waals surface area contributed by atoms with E-state index in [4.69, 9.17) is 12.2 Å². The van der Waals surface area contributed by atoms with Gasteiger partial charge in [-0.05, 0) is 35.5 Å². The highest BCUT2D eigenvalue weighted by molar-refractivity contribution is 7.80. The van der Waals surface area contributed by atoms with E-state index >= 15 is 0 Å². The van der Waals surface area contributed by atoms with Crippen LogP contribution >= 0.6 is 12.2 Å². The van der Waals surface area contributed by atoms with E-state index in [1.807, 2.05) is 42.6 Å². The second-order valence-corrected chi connectivity index (χ2v) is 5.73. The number of benzene rings is 2. The Bertz CT molecular complexity index is 799. The number of thiocarbonyl (C=S) groups is 1. The van der Waals surface area contributed by atoms with E-state index in [1.54, 1.807) is 16.8 Å². The van der Waals surface area contributed by atoms with Crippen molar-refractivity contribution in [1.29, 1.82) is 0 Å². The number of nitrogens with one attached hydrogen (secondary N) is 2. The van der Waals surface area contributed by atoms with E-state index in [1.165, 1.54) is 12.1 Å². The maximum atomic E-state index is 12.9. The molecule has 2 aromatic carbocycles. The maximum absolute atomic E-state index is 12.9. The molecule has 1 aromatic heterocycles. The Hall–Kier alpha value is -2.73. The number of hydrogen-bond acceptors (Lipinski definition) is 2. The van der Waals surface area contributed by atoms with Gasteiger partial charge in [-0.2, -0.15) is 5.10 Å². The lowest BCUT2D eigenvalue weighted by Gasteiger charge is -2.08. The minimum absolute atomic E-state index is 0.239. The highest BCUT2D eigenvalue weighted by Gasteiger charge is 2.03. The fourth-order valence-electron chi connectivity index (χ4n) is 2.23. The van der Waals surface area contributed by atoms with Crippen molar-refractivity contribution in [2.75, 3.05) is 5.32 Å². The average Bonchev–Trinajstić information content (AvgIpc) is 3.03. The summed E-state index contributed by atoms with van der Waals surface area (Å²) in [5.74, 6) is 0.430. The lowest BCUT2D eigenvalue weighted by molar-refractivity contribution is 0.624. The first-order chi connectivity index (χ1) is 11.7. The van der Waals surface area contributed by atoms with Gasteiger partial charge >= 0.3 is 0 Å². The number of hydrogen-bond donors (Lipinski definition) is 2. The number of nitrogens with zero attached hydrogens (tertiary/aromatic N) is 2. The van der Waals surface area contributed by atoms with Crippen LogP contribution in [0.3, 0.4) is 0 Å². The van der Waals surface area contributed by atoms with E-state index in [2.05, 4.69) is 15.7 Å². The fraction of sp³-hybridized carbons (Fsp3) is 0.111. The van der Waals surface area contributed by atoms with Crippen LogP contribution in [0.5, 0.6) is 0 Å². The van der Waals surface area contributed by atoms with Crippen molar-refractivity contribution in [3.8, 4) is 0 Å². The molecule has 0 bridgehead atoms. The van der Waals surface area contributed by atoms with Gasteiger partial charge in [-0.1, -0.05) is 42.5 Å². The van der Waals surface area contributed by atoms with Crippen molar-refractivity contribution < 1.29 is 4.39 Å². The van der Waals surface area contributed by atoms with Crippen LogP contribution in [0.15, 0.2) is 66.9 Å². The van der Waals surface area contributed by atoms with Crippen LogP contribution in [-0.4, -0.2) is 14.9 Å². The second-order valence-electron chi connectivity index (χ2n) is 5.32. The summed E-state index contributed by atoms with van der Waals surface area (Å²) >= 11 is 5.28. The molecule has 4 nitrogen and oxygen atoms in total. The van der Waals surface area contributed by atoms with Crippen LogP contribution in [0.2, 0.25) is 0 Å². The summed E-state index contributed by atoms with van der Waals surface area (Å²) in [6, 6.07) is 18.3. The van der Waals surface area contributed by atoms with Gasteiger partial charge in [0.1, 0.15) is 5.82 Å². The molecule has 0 saturated carbocycles. The van der Waals surface area contributed by atoms with Gasteiger partial charge in [-0.3, -0.25) is 4.68 Å². The van der Waals surface area contributed by atoms with Gasteiger partial charge < -0.3 is 10.6 Å². The summed E-state index contributed by atoms with van der Waals surface area (Å²) in [4.78, 5) is 0. The Labute approximate surface area is 145 Å². The average molecular weight is 340 g/mol. The standard InChI is InChI=1S/C18H17FN4S/c19-16-8-6-15(7-9-16)13-23-11-10-17(22-23)21-18(24)20-12-14-4-2-1-3-5-14/h1-11H,12-13H2,(H2,20,21,22,24). The monoisotopic (exact) mass is 340 g/mol. The minimum Gasteiger partial charge on any atom is -0.358 e. The predicted molar refractivity (Wildman–Crippen MR) is 97.2 cm³/mol. The van der Waals surface area contributed by atoms with Crippen LogP contribution in [0, 0.1) is 5.82 Å². The highest BCUT2D eigenvalue weighted by atomic mass is 32.1. The molecule has 122 valence electrons. The Balaban J connectivity index is 1.51. The highest BCUT2D eigenvalue weighted by Crippen LogP contribution is 2.08. The fourth-order valence-corrected chi connectivity index (χ4v) is 2.41. The molecule has 3 rings (SSSR count). The van der Waals surface area contributed by atoms with Crippen LogP contribution in [0.4, 0.5) is 10.2 Å². The first-order valence-corrected chi connectivity index (χ1v) is 7.96. The Morgan fingerprint density at radius 1 is 1.00 bits per heavy atom. The molecule has 0 saturated heterocycles. The third kappa shape index (κ3) is 4.63. The van der Waals surface area contributed by atoms with Crippen molar-refractivity contribution >= 4 is 23.1 Å². The van der Waals surface area contributed by atoms with Gasteiger partial charge in [-0.25, -0.2) is 4.39 Å². The summed E-state index contributed by atoms with van der Waals surface area (Å²) in [6.07, 6.45) is 1.85. The topological polar surface area (TPSA) is 41.9 Å². The molecule has 24 heavy (non-hydrogen) atoms. The van der Waals surface area contributed by atoms with E-state index in [-0.39, 0.29) is 5.82 Å². The van der Waals surface area contributed by atoms with Crippen LogP contribution < -0.4 is 10.6 Å². The van der Waals surface area contributed by atoms with E-state index < -0.39 is 0 Å². The third-order valence-electron chi connectivity index (χ3n) is 3.44. The Morgan fingerprint density at radius 2 is 1.75 bits per heavy atom. The molecule has 0 unspecified atom stereocenters. The van der Waals surface area contributed by atoms with Crippen LogP contribution in [0.25, 0.3) is 0 Å². The predicted octanol–water partition coefficient (Wildman–Crippen LogP) is 3.56. The zero-order chi connectivity index (χ0) is 16.8. The molecular weight excluding hydrogens is 323 g/mol. The Kier molecular flexibility index (Phi) is 5.18. The second kappa shape index (κ2) is 7.70. The largest absolute Gasteiger partial charge is 0.358 e. The number of anilines is 1. The van der Waals surface area contributed by atoms with E-state index in [0.29, 0.717) is 24.0 Å². The lowest BCUT2D eigenvalue weighted by Crippen LogP contribution is -2.28. The molecule has 0 aliphatic rings. The number of halogens is 1. The molecule has 0 fully saturated rings. The van der Waals surface area contributed by atoms with Crippen molar-refractivity contribution in [2.45, 2.75) is 13.1 Å². The minimum atomic E-state index is -0.239. The van der Waals surface area contributed by atoms with Gasteiger partial charge in [0.15, 0.2) is 10.9 Å². The van der Waals surface area contributed by atoms with Crippen molar-refractivity contribution in [3.63, 3.8) is 0 Å². The molecule has 0 aliphatic carbocycles. The van der Waals surface area contributed by atoms with Crippen LogP contribution in [0.1, 0.15) is 11.1 Å². The first kappa shape index (κ1) is 16.1. The molecule has 0 spiro atoms. The summed E-state index contributed by atoms with van der Waals surface area (Å²) in [5, 5.41) is 11.1. The summed E-state index contributed by atoms with van der Waals surface area (Å²) in [5.41, 5.74) is 2.14. The smallest absolute Gasteiger partial charge is 0.172 e. The number of rotatable bonds is 5. The van der Waals surface area contributed by atoms with Crippen LogP contribution in [-0.2, 0) is 13.1 Å². The quantitative estimate of drug-likeness (QED) is 0.697. The molecule has 0 atom stereocenters. The van der Waals surface area contributed by atoms with Gasteiger partial charge in [0, 0.05) is 18.8 Å². The molecule has 6 heteroatoms. The zero-order valence-corrected chi connectivity index (χ0v) is 13.8. The first-order valence-electron chi connectivity index (χ1n) is 7.56. The molecule has 0 radical (unpaired) electrons. The number of aromatic nitrogens is 2. The van der Waals surface area contributed by atoms with E-state index in [9.17, 15) is 4.39 Å². The third-order valence-corrected chi connectivity index (χ3v) is 3.68. The van der Waals surface area contributed by atoms with Gasteiger partial charge in [0.25, 0.3) is 0 Å². The molecular formula is C18H17FN4S. The Morgan fingerprint density at radius 3 is 2.50 bits per heavy atom. The SMILES string of the molecule is Fc1ccc(Cn2ccc(NC(=S)NCc3ccccc3)n2)cc1. The lowest BCUT2D eigenvalue weighted by atomic mass is 10.2. The molecule has 3 aromatic rings. The molecule has 1 heterocycles. The molecule has 2 N–H and O–H groups in total. The maximum Gasteiger partial charge on any atom is 0.172 e. The van der Waals surface area contributed by atoms with Crippen molar-refractivity contribution in [2.24, 2.45) is 0 Å². The van der Waals surface area contributed by atoms with E-state index in [0.717, 1.165) is 11.1 Å². The van der Waals surface area contributed by atoms with Gasteiger partial charge in [-0.15, -0.1) is 0 Å². The molecule has 0 aliphatic heterocycles. The summed E-state index contributed by atoms with van der Waals surface area (Å²) < 4.78 is 14.7. The summed E-state index contributed by atoms with van der Waals surface area (Å²) in [7, 11) is 0.